The lowest BCUT2D eigenvalue weighted by Crippen LogP contribution is -2.42. The highest BCUT2D eigenvalue weighted by Gasteiger charge is 2.34. The maximum absolute atomic E-state index is 13.3. The first kappa shape index (κ1) is 22.6. The Morgan fingerprint density at radius 3 is 2.56 bits per heavy atom. The Labute approximate surface area is 209 Å². The third kappa shape index (κ3) is 4.19. The number of nitrogens with zero attached hydrogens (tertiary/aromatic N) is 1. The lowest BCUT2D eigenvalue weighted by Gasteiger charge is -2.37. The number of nitrogens with one attached hydrogen (secondary N) is 1. The number of benzene rings is 3. The van der Waals surface area contributed by atoms with Crippen LogP contribution in [0.1, 0.15) is 33.2 Å². The van der Waals surface area contributed by atoms with Gasteiger partial charge in [-0.05, 0) is 84.4 Å². The number of carbonyl (C=O) groups excluding carboxylic acids is 1. The number of hydrogen-bond acceptors (Lipinski definition) is 4. The largest absolute Gasteiger partial charge is 0.465 e. The van der Waals surface area contributed by atoms with E-state index in [4.69, 9.17) is 21.7 Å². The van der Waals surface area contributed by atoms with E-state index in [1.54, 1.807) is 24.3 Å². The normalized spacial score (nSPS) is 15.1. The molecule has 0 spiro atoms. The molecule has 0 bridgehead atoms. The zero-order chi connectivity index (χ0) is 23.8. The van der Waals surface area contributed by atoms with Gasteiger partial charge in [0.1, 0.15) is 11.6 Å². The van der Waals surface area contributed by atoms with E-state index in [1.807, 2.05) is 29.2 Å². The molecule has 1 N–H and O–H groups in total. The number of ether oxygens (including phenoxy) is 2. The lowest BCUT2D eigenvalue weighted by molar-refractivity contribution is 0.0600. The van der Waals surface area contributed by atoms with Gasteiger partial charge in [0, 0.05) is 27.6 Å². The third-order valence-corrected chi connectivity index (χ3v) is 6.80. The average Bonchev–Trinajstić information content (AvgIpc) is 3.22. The molecule has 0 radical (unpaired) electrons. The van der Waals surface area contributed by atoms with E-state index in [2.05, 4.69) is 27.0 Å². The Bertz CT molecular complexity index is 1390. The second-order valence-corrected chi connectivity index (χ2v) is 9.25. The molecule has 3 aromatic carbocycles. The van der Waals surface area contributed by atoms with Gasteiger partial charge in [-0.15, -0.1) is 0 Å². The van der Waals surface area contributed by atoms with E-state index in [-0.39, 0.29) is 11.9 Å². The zero-order valence-electron chi connectivity index (χ0n) is 18.2. The predicted octanol–water partition coefficient (Wildman–Crippen LogP) is 6.17. The Morgan fingerprint density at radius 1 is 1.12 bits per heavy atom. The van der Waals surface area contributed by atoms with Gasteiger partial charge in [-0.2, -0.15) is 0 Å². The van der Waals surface area contributed by atoms with Gasteiger partial charge in [0.15, 0.2) is 0 Å². The number of aromatic amines is 1. The Hall–Kier alpha value is -3.23. The highest BCUT2D eigenvalue weighted by Crippen LogP contribution is 2.39. The molecule has 172 valence electrons. The summed E-state index contributed by atoms with van der Waals surface area (Å²) in [5, 5.41) is 1.45. The molecule has 1 atom stereocenters. The van der Waals surface area contributed by atoms with Crippen LogP contribution in [0.15, 0.2) is 71.2 Å². The molecule has 0 amide bonds. The maximum Gasteiger partial charge on any atom is 0.337 e. The van der Waals surface area contributed by atoms with E-state index in [0.29, 0.717) is 23.0 Å². The van der Waals surface area contributed by atoms with Crippen LogP contribution in [0.4, 0.5) is 4.39 Å². The van der Waals surface area contributed by atoms with Gasteiger partial charge >= 0.3 is 5.97 Å². The van der Waals surface area contributed by atoms with Crippen LogP contribution in [-0.4, -0.2) is 34.7 Å². The average molecular weight is 539 g/mol. The first-order valence-electron chi connectivity index (χ1n) is 10.7. The Morgan fingerprint density at radius 2 is 1.85 bits per heavy atom. The van der Waals surface area contributed by atoms with E-state index in [1.165, 1.54) is 24.8 Å². The fourth-order valence-electron chi connectivity index (χ4n) is 4.39. The van der Waals surface area contributed by atoms with Crippen LogP contribution in [0.3, 0.4) is 0 Å². The van der Waals surface area contributed by atoms with Crippen molar-refractivity contribution in [2.75, 3.05) is 13.7 Å². The van der Waals surface area contributed by atoms with Crippen LogP contribution in [0, 0.1) is 5.82 Å². The maximum atomic E-state index is 13.3. The molecule has 4 aromatic rings. The summed E-state index contributed by atoms with van der Waals surface area (Å²) in [4.78, 5) is 17.5. The topological polar surface area (TPSA) is 54.6 Å². The van der Waals surface area contributed by atoms with Crippen LogP contribution in [0.5, 0.6) is 5.75 Å². The smallest absolute Gasteiger partial charge is 0.337 e. The number of aromatic nitrogens is 1. The lowest BCUT2D eigenvalue weighted by atomic mass is 9.92. The number of hydrogen-bond donors (Lipinski definition) is 1. The molecular weight excluding hydrogens is 519 g/mol. The summed E-state index contributed by atoms with van der Waals surface area (Å²) in [5.41, 5.74) is 4.70. The molecule has 0 saturated heterocycles. The predicted molar refractivity (Wildman–Crippen MR) is 136 cm³/mol. The monoisotopic (exact) mass is 538 g/mol. The fourth-order valence-corrected chi connectivity index (χ4v) is 5.04. The molecule has 5 nitrogen and oxygen atoms in total. The van der Waals surface area contributed by atoms with Crippen molar-refractivity contribution in [3.8, 4) is 5.75 Å². The minimum Gasteiger partial charge on any atom is -0.465 e. The van der Waals surface area contributed by atoms with Gasteiger partial charge in [-0.3, -0.25) is 0 Å². The van der Waals surface area contributed by atoms with Crippen molar-refractivity contribution in [1.82, 2.24) is 9.88 Å². The standard InChI is InChI=1S/C26H20BrFN2O3S/c1-32-25(31)16-4-2-15(3-5-16)24-23-20(21-14-17(27)6-11-22(21)29-23)12-13-30(24)26(34)33-19-9-7-18(28)8-10-19/h2-11,14,24,29H,12-13H2,1H3. The number of fused-ring (bicyclic) bond motifs is 3. The summed E-state index contributed by atoms with van der Waals surface area (Å²) in [6, 6.07) is 19.0. The van der Waals surface area contributed by atoms with Crippen molar-refractivity contribution in [1.29, 1.82) is 0 Å². The number of thiocarbonyl (C=S) groups is 1. The van der Waals surface area contributed by atoms with E-state index >= 15 is 0 Å². The molecule has 1 unspecified atom stereocenters. The van der Waals surface area contributed by atoms with Gasteiger partial charge in [0.25, 0.3) is 5.17 Å². The first-order chi connectivity index (χ1) is 16.4. The molecule has 1 aliphatic heterocycles. The van der Waals surface area contributed by atoms with Crippen molar-refractivity contribution in [3.63, 3.8) is 0 Å². The van der Waals surface area contributed by atoms with Crippen molar-refractivity contribution < 1.29 is 18.7 Å². The number of methoxy groups -OCH3 is 1. The molecule has 0 saturated carbocycles. The molecule has 1 aromatic heterocycles. The molecule has 34 heavy (non-hydrogen) atoms. The fraction of sp³-hybridized carbons (Fsp3) is 0.154. The molecule has 0 fully saturated rings. The molecule has 2 heterocycles. The Kier molecular flexibility index (Phi) is 6.10. The van der Waals surface area contributed by atoms with Crippen molar-refractivity contribution in [2.45, 2.75) is 12.5 Å². The second kappa shape index (κ2) is 9.19. The second-order valence-electron chi connectivity index (χ2n) is 7.99. The third-order valence-electron chi connectivity index (χ3n) is 5.99. The summed E-state index contributed by atoms with van der Waals surface area (Å²) in [5.74, 6) is -0.260. The van der Waals surface area contributed by atoms with Crippen molar-refractivity contribution in [3.05, 3.63) is 99.4 Å². The van der Waals surface area contributed by atoms with E-state index < -0.39 is 5.97 Å². The molecule has 1 aliphatic rings. The zero-order valence-corrected chi connectivity index (χ0v) is 20.6. The number of halogens is 2. The molecule has 0 aliphatic carbocycles. The number of rotatable bonds is 3. The van der Waals surface area contributed by atoms with Gasteiger partial charge in [0.05, 0.1) is 18.7 Å². The summed E-state index contributed by atoms with van der Waals surface area (Å²) >= 11 is 9.27. The summed E-state index contributed by atoms with van der Waals surface area (Å²) < 4.78 is 25.1. The SMILES string of the molecule is COC(=O)c1ccc(C2c3[nH]c4ccc(Br)cc4c3CCN2C(=S)Oc2ccc(F)cc2)cc1. The Balaban J connectivity index is 1.57. The van der Waals surface area contributed by atoms with Gasteiger partial charge in [-0.1, -0.05) is 28.1 Å². The van der Waals surface area contributed by atoms with Gasteiger partial charge < -0.3 is 19.4 Å². The quantitative estimate of drug-likeness (QED) is 0.250. The van der Waals surface area contributed by atoms with E-state index in [9.17, 15) is 9.18 Å². The summed E-state index contributed by atoms with van der Waals surface area (Å²) in [6.45, 7) is 0.635. The molecular formula is C26H20BrFN2O3S. The van der Waals surface area contributed by atoms with Crippen LogP contribution in [-0.2, 0) is 11.2 Å². The minimum atomic E-state index is -0.390. The number of H-pyrrole nitrogens is 1. The van der Waals surface area contributed by atoms with Crippen LogP contribution < -0.4 is 4.74 Å². The minimum absolute atomic E-state index is 0.255. The molecule has 5 rings (SSSR count). The van der Waals surface area contributed by atoms with Crippen molar-refractivity contribution in [2.24, 2.45) is 0 Å². The number of carbonyl (C=O) groups is 1. The van der Waals surface area contributed by atoms with Crippen LogP contribution >= 0.6 is 28.1 Å². The summed E-state index contributed by atoms with van der Waals surface area (Å²) in [7, 11) is 1.36. The molecule has 8 heteroatoms. The van der Waals surface area contributed by atoms with E-state index in [0.717, 1.165) is 33.1 Å². The van der Waals surface area contributed by atoms with Crippen LogP contribution in [0.25, 0.3) is 10.9 Å². The van der Waals surface area contributed by atoms with Crippen molar-refractivity contribution >= 4 is 50.2 Å². The number of esters is 1. The van der Waals surface area contributed by atoms with Gasteiger partial charge in [-0.25, -0.2) is 9.18 Å². The summed E-state index contributed by atoms with van der Waals surface area (Å²) in [6.07, 6.45) is 0.773. The highest BCUT2D eigenvalue weighted by molar-refractivity contribution is 9.10. The first-order valence-corrected chi connectivity index (χ1v) is 11.9. The van der Waals surface area contributed by atoms with Gasteiger partial charge in [0.2, 0.25) is 0 Å². The highest BCUT2D eigenvalue weighted by atomic mass is 79.9. The van der Waals surface area contributed by atoms with Crippen LogP contribution in [0.2, 0.25) is 0 Å².